The Morgan fingerprint density at radius 1 is 1.11 bits per heavy atom. The fraction of sp³-hybridized carbons (Fsp3) is 0.412. The summed E-state index contributed by atoms with van der Waals surface area (Å²) in [6.45, 7) is 6.51. The Morgan fingerprint density at radius 2 is 1.79 bits per heavy atom. The highest BCUT2D eigenvalue weighted by molar-refractivity contribution is 5.28. The molecule has 1 atom stereocenters. The van der Waals surface area contributed by atoms with Crippen molar-refractivity contribution in [2.75, 3.05) is 0 Å². The van der Waals surface area contributed by atoms with Crippen molar-refractivity contribution in [2.24, 2.45) is 5.73 Å². The summed E-state index contributed by atoms with van der Waals surface area (Å²) in [4.78, 5) is 0. The van der Waals surface area contributed by atoms with Crippen molar-refractivity contribution in [3.63, 3.8) is 0 Å². The fourth-order valence-electron chi connectivity index (χ4n) is 2.37. The third-order valence-corrected chi connectivity index (χ3v) is 3.60. The van der Waals surface area contributed by atoms with Crippen LogP contribution in [0.5, 0.6) is 0 Å². The molecule has 0 aliphatic carbocycles. The van der Waals surface area contributed by atoms with E-state index in [1.807, 2.05) is 6.07 Å². The Kier molecular flexibility index (Phi) is 4.43. The average molecular weight is 257 g/mol. The zero-order valence-electron chi connectivity index (χ0n) is 12.0. The lowest BCUT2D eigenvalue weighted by molar-refractivity contribution is 0.505. The van der Waals surface area contributed by atoms with Crippen molar-refractivity contribution in [3.05, 3.63) is 59.0 Å². The van der Waals surface area contributed by atoms with Gasteiger partial charge < -0.3 is 10.2 Å². The summed E-state index contributed by atoms with van der Waals surface area (Å²) < 4.78 is 5.44. The standard InChI is InChI=1S/C17H23NO/c1-4-17-15(9-10-19-17)16(18)11-13-5-7-14(8-6-13)12(2)3/h5-10,12,16H,4,11,18H2,1-3H3. The number of benzene rings is 1. The summed E-state index contributed by atoms with van der Waals surface area (Å²) in [5.41, 5.74) is 10.1. The summed E-state index contributed by atoms with van der Waals surface area (Å²) in [5.74, 6) is 1.58. The second kappa shape index (κ2) is 6.07. The zero-order valence-corrected chi connectivity index (χ0v) is 12.0. The molecule has 2 nitrogen and oxygen atoms in total. The van der Waals surface area contributed by atoms with Crippen LogP contribution in [0, 0.1) is 0 Å². The molecule has 0 aliphatic rings. The molecule has 0 saturated carbocycles. The minimum absolute atomic E-state index is 0.0126. The number of hydrogen-bond donors (Lipinski definition) is 1. The molecule has 2 heteroatoms. The summed E-state index contributed by atoms with van der Waals surface area (Å²) in [5, 5.41) is 0. The average Bonchev–Trinajstić information content (AvgIpc) is 2.87. The molecule has 2 aromatic rings. The predicted octanol–water partition coefficient (Wildman–Crippen LogP) is 4.21. The van der Waals surface area contributed by atoms with Gasteiger partial charge in [0.05, 0.1) is 6.26 Å². The first-order valence-electron chi connectivity index (χ1n) is 7.02. The molecule has 1 aromatic carbocycles. The van der Waals surface area contributed by atoms with Crippen LogP contribution >= 0.6 is 0 Å². The van der Waals surface area contributed by atoms with Gasteiger partial charge in [-0.25, -0.2) is 0 Å². The largest absolute Gasteiger partial charge is 0.469 e. The van der Waals surface area contributed by atoms with Crippen molar-refractivity contribution < 1.29 is 4.42 Å². The SMILES string of the molecule is CCc1occc1C(N)Cc1ccc(C(C)C)cc1. The van der Waals surface area contributed by atoms with Crippen molar-refractivity contribution >= 4 is 0 Å². The van der Waals surface area contributed by atoms with Gasteiger partial charge in [-0.15, -0.1) is 0 Å². The van der Waals surface area contributed by atoms with Crippen LogP contribution in [-0.4, -0.2) is 0 Å². The van der Waals surface area contributed by atoms with E-state index in [0.717, 1.165) is 24.2 Å². The highest BCUT2D eigenvalue weighted by Crippen LogP contribution is 2.22. The van der Waals surface area contributed by atoms with E-state index in [-0.39, 0.29) is 6.04 Å². The highest BCUT2D eigenvalue weighted by Gasteiger charge is 2.13. The van der Waals surface area contributed by atoms with Gasteiger partial charge in [0.1, 0.15) is 5.76 Å². The molecule has 0 radical (unpaired) electrons. The number of aryl methyl sites for hydroxylation is 1. The third kappa shape index (κ3) is 3.27. The van der Waals surface area contributed by atoms with Crippen LogP contribution in [0.3, 0.4) is 0 Å². The van der Waals surface area contributed by atoms with Gasteiger partial charge in [0.2, 0.25) is 0 Å². The molecule has 0 spiro atoms. The van der Waals surface area contributed by atoms with E-state index in [1.54, 1.807) is 6.26 Å². The van der Waals surface area contributed by atoms with Gasteiger partial charge in [-0.2, -0.15) is 0 Å². The van der Waals surface area contributed by atoms with Crippen LogP contribution in [0.1, 0.15) is 55.2 Å². The first-order chi connectivity index (χ1) is 9.11. The normalized spacial score (nSPS) is 12.9. The van der Waals surface area contributed by atoms with E-state index in [2.05, 4.69) is 45.0 Å². The van der Waals surface area contributed by atoms with Crippen LogP contribution in [0.25, 0.3) is 0 Å². The number of hydrogen-bond acceptors (Lipinski definition) is 2. The fourth-order valence-corrected chi connectivity index (χ4v) is 2.37. The lowest BCUT2D eigenvalue weighted by Crippen LogP contribution is -2.14. The van der Waals surface area contributed by atoms with E-state index in [4.69, 9.17) is 10.2 Å². The molecule has 0 aliphatic heterocycles. The molecule has 2 rings (SSSR count). The first kappa shape index (κ1) is 13.9. The molecular weight excluding hydrogens is 234 g/mol. The van der Waals surface area contributed by atoms with E-state index < -0.39 is 0 Å². The van der Waals surface area contributed by atoms with Gasteiger partial charge in [0.15, 0.2) is 0 Å². The minimum atomic E-state index is 0.0126. The Bertz CT molecular complexity index is 510. The minimum Gasteiger partial charge on any atom is -0.469 e. The monoisotopic (exact) mass is 257 g/mol. The van der Waals surface area contributed by atoms with E-state index in [0.29, 0.717) is 5.92 Å². The van der Waals surface area contributed by atoms with E-state index in [1.165, 1.54) is 11.1 Å². The summed E-state index contributed by atoms with van der Waals surface area (Å²) in [6, 6.07) is 10.8. The first-order valence-corrected chi connectivity index (χ1v) is 7.02. The Labute approximate surface area is 115 Å². The number of furan rings is 1. The second-order valence-electron chi connectivity index (χ2n) is 5.36. The molecule has 1 unspecified atom stereocenters. The predicted molar refractivity (Wildman–Crippen MR) is 79.2 cm³/mol. The summed E-state index contributed by atoms with van der Waals surface area (Å²) in [6.07, 6.45) is 3.48. The van der Waals surface area contributed by atoms with Gasteiger partial charge in [-0.05, 0) is 29.5 Å². The Morgan fingerprint density at radius 3 is 2.37 bits per heavy atom. The zero-order chi connectivity index (χ0) is 13.8. The van der Waals surface area contributed by atoms with E-state index >= 15 is 0 Å². The lowest BCUT2D eigenvalue weighted by atomic mass is 9.96. The molecule has 0 bridgehead atoms. The maximum absolute atomic E-state index is 6.29. The topological polar surface area (TPSA) is 39.2 Å². The molecule has 1 aromatic heterocycles. The van der Waals surface area contributed by atoms with Crippen molar-refractivity contribution in [3.8, 4) is 0 Å². The highest BCUT2D eigenvalue weighted by atomic mass is 16.3. The Hall–Kier alpha value is -1.54. The number of nitrogens with two attached hydrogens (primary N) is 1. The second-order valence-corrected chi connectivity index (χ2v) is 5.36. The number of rotatable bonds is 5. The van der Waals surface area contributed by atoms with Gasteiger partial charge in [0, 0.05) is 18.0 Å². The summed E-state index contributed by atoms with van der Waals surface area (Å²) in [7, 11) is 0. The lowest BCUT2D eigenvalue weighted by Gasteiger charge is -2.12. The van der Waals surface area contributed by atoms with E-state index in [9.17, 15) is 0 Å². The molecule has 0 amide bonds. The molecule has 1 heterocycles. The van der Waals surface area contributed by atoms with Crippen LogP contribution in [-0.2, 0) is 12.8 Å². The van der Waals surface area contributed by atoms with Gasteiger partial charge in [-0.1, -0.05) is 45.0 Å². The van der Waals surface area contributed by atoms with Gasteiger partial charge >= 0.3 is 0 Å². The molecule has 0 saturated heterocycles. The quantitative estimate of drug-likeness (QED) is 0.871. The molecule has 0 fully saturated rings. The maximum atomic E-state index is 6.29. The third-order valence-electron chi connectivity index (χ3n) is 3.60. The van der Waals surface area contributed by atoms with Crippen molar-refractivity contribution in [1.29, 1.82) is 0 Å². The maximum Gasteiger partial charge on any atom is 0.108 e. The molecule has 102 valence electrons. The van der Waals surface area contributed by atoms with Gasteiger partial charge in [0.25, 0.3) is 0 Å². The summed E-state index contributed by atoms with van der Waals surface area (Å²) >= 11 is 0. The van der Waals surface area contributed by atoms with Crippen LogP contribution in [0.15, 0.2) is 41.0 Å². The molecular formula is C17H23NO. The van der Waals surface area contributed by atoms with Gasteiger partial charge in [-0.3, -0.25) is 0 Å². The van der Waals surface area contributed by atoms with Crippen LogP contribution < -0.4 is 5.73 Å². The molecule has 19 heavy (non-hydrogen) atoms. The smallest absolute Gasteiger partial charge is 0.108 e. The van der Waals surface area contributed by atoms with Crippen molar-refractivity contribution in [2.45, 2.75) is 45.6 Å². The molecule has 2 N–H and O–H groups in total. The van der Waals surface area contributed by atoms with Crippen molar-refractivity contribution in [1.82, 2.24) is 0 Å². The van der Waals surface area contributed by atoms with Crippen LogP contribution in [0.4, 0.5) is 0 Å². The van der Waals surface area contributed by atoms with Crippen LogP contribution in [0.2, 0.25) is 0 Å². The Balaban J connectivity index is 2.08.